The maximum Gasteiger partial charge on any atom is 0.495 e. The normalized spacial score (nSPS) is 13.2. The second-order valence-corrected chi connectivity index (χ2v) is 20.4. The highest BCUT2D eigenvalue weighted by Crippen LogP contribution is 2.39. The zero-order valence-corrected chi connectivity index (χ0v) is 42.2. The maximum atomic E-state index is 13.5. The Balaban J connectivity index is 0.000000149. The zero-order chi connectivity index (χ0) is 50.9. The summed E-state index contributed by atoms with van der Waals surface area (Å²) in [5, 5.41) is 22.8. The van der Waals surface area contributed by atoms with Gasteiger partial charge in [-0.1, -0.05) is 60.7 Å². The van der Waals surface area contributed by atoms with E-state index in [1.165, 1.54) is 95.3 Å². The average molecular weight is 1080 g/mol. The molecule has 1 aliphatic rings. The van der Waals surface area contributed by atoms with Crippen molar-refractivity contribution >= 4 is 80.2 Å². The Labute approximate surface area is 427 Å². The molecule has 1 aliphatic heterocycles. The molecule has 12 nitrogen and oxygen atoms in total. The van der Waals surface area contributed by atoms with Crippen LogP contribution in [0.2, 0.25) is 0 Å². The molecule has 0 aliphatic carbocycles. The lowest BCUT2D eigenvalue weighted by atomic mass is 9.78. The topological polar surface area (TPSA) is 169 Å². The maximum absolute atomic E-state index is 13.5. The predicted octanol–water partition coefficient (Wildman–Crippen LogP) is 14.3. The van der Waals surface area contributed by atoms with Crippen LogP contribution in [0.25, 0.3) is 54.3 Å². The van der Waals surface area contributed by atoms with Crippen LogP contribution in [0.5, 0.6) is 0 Å². The Morgan fingerprint density at radius 1 is 0.535 bits per heavy atom. The van der Waals surface area contributed by atoms with Gasteiger partial charge >= 0.3 is 7.12 Å². The van der Waals surface area contributed by atoms with Crippen LogP contribution in [0, 0.1) is 37.7 Å². The van der Waals surface area contributed by atoms with E-state index in [9.17, 15) is 33.4 Å². The molecule has 9 aromatic rings. The lowest BCUT2D eigenvalue weighted by Gasteiger charge is -2.32. The molecule has 1 fully saturated rings. The fourth-order valence-corrected chi connectivity index (χ4v) is 8.92. The minimum absolute atomic E-state index is 0.0495. The van der Waals surface area contributed by atoms with Gasteiger partial charge in [0.25, 0.3) is 11.4 Å². The Bertz CT molecular complexity index is 3260. The summed E-state index contributed by atoms with van der Waals surface area (Å²) in [5.74, 6) is -1.13. The summed E-state index contributed by atoms with van der Waals surface area (Å²) in [7, 11) is -0.690. The van der Waals surface area contributed by atoms with E-state index in [1.807, 2.05) is 64.1 Å². The fourth-order valence-electron chi connectivity index (χ4n) is 7.03. The van der Waals surface area contributed by atoms with Crippen molar-refractivity contribution in [1.82, 2.24) is 13.1 Å². The van der Waals surface area contributed by atoms with Gasteiger partial charge in [-0.3, -0.25) is 20.2 Å². The van der Waals surface area contributed by atoms with Crippen LogP contribution in [-0.2, 0) is 9.31 Å². The molecular formula is C51H41BBrF3N6O6S3. The Morgan fingerprint density at radius 2 is 0.958 bits per heavy atom. The van der Waals surface area contributed by atoms with Gasteiger partial charge < -0.3 is 15.0 Å². The molecule has 0 spiro atoms. The SMILES string of the molecule is Brc1ccns1.CC1(C)OB(c2ccc(-c3cccc(F)c3)c([N+](=O)[O-])c2)OC1(C)C.Nc1cc(-c2ccns2)ccc1-c1cccc(F)c1.O=[N+]([O-])c1cc(-c2ccns2)ccc1-c1cccc(F)c1. The number of hydrogen-bond acceptors (Lipinski definition) is 13. The number of nitrogen functional groups attached to an aromatic ring is 1. The monoisotopic (exact) mass is 1080 g/mol. The molecule has 6 aromatic carbocycles. The van der Waals surface area contributed by atoms with Crippen molar-refractivity contribution in [1.29, 1.82) is 0 Å². The third-order valence-electron chi connectivity index (χ3n) is 11.2. The van der Waals surface area contributed by atoms with Gasteiger partial charge in [0, 0.05) is 47.5 Å². The van der Waals surface area contributed by atoms with Crippen molar-refractivity contribution in [3.05, 3.63) is 206 Å². The highest BCUT2D eigenvalue weighted by atomic mass is 79.9. The first-order chi connectivity index (χ1) is 33.9. The van der Waals surface area contributed by atoms with E-state index >= 15 is 0 Å². The number of halogens is 4. The lowest BCUT2D eigenvalue weighted by molar-refractivity contribution is -0.384. The van der Waals surface area contributed by atoms with Gasteiger partial charge in [0.15, 0.2) is 0 Å². The van der Waals surface area contributed by atoms with Crippen LogP contribution in [0.15, 0.2) is 168 Å². The van der Waals surface area contributed by atoms with E-state index in [2.05, 4.69) is 29.1 Å². The largest absolute Gasteiger partial charge is 0.495 e. The van der Waals surface area contributed by atoms with Gasteiger partial charge in [0.1, 0.15) is 17.5 Å². The molecule has 1 saturated heterocycles. The summed E-state index contributed by atoms with van der Waals surface area (Å²) in [6.07, 6.45) is 5.16. The van der Waals surface area contributed by atoms with Crippen LogP contribution in [0.3, 0.4) is 0 Å². The van der Waals surface area contributed by atoms with Crippen molar-refractivity contribution in [3.8, 4) is 54.3 Å². The molecule has 360 valence electrons. The molecule has 0 amide bonds. The quantitative estimate of drug-likeness (QED) is 0.0669. The van der Waals surface area contributed by atoms with E-state index in [0.29, 0.717) is 33.4 Å². The Kier molecular flexibility index (Phi) is 16.7. The van der Waals surface area contributed by atoms with E-state index in [1.54, 1.807) is 67.1 Å². The first kappa shape index (κ1) is 51.9. The molecule has 0 bridgehead atoms. The van der Waals surface area contributed by atoms with Crippen molar-refractivity contribution in [2.75, 3.05) is 5.73 Å². The van der Waals surface area contributed by atoms with E-state index in [0.717, 1.165) is 35.8 Å². The molecule has 71 heavy (non-hydrogen) atoms. The number of benzene rings is 6. The van der Waals surface area contributed by atoms with E-state index in [4.69, 9.17) is 15.0 Å². The van der Waals surface area contributed by atoms with Crippen molar-refractivity contribution in [2.24, 2.45) is 0 Å². The van der Waals surface area contributed by atoms with Gasteiger partial charge in [-0.2, -0.15) is 0 Å². The fraction of sp³-hybridized carbons (Fsp3) is 0.118. The zero-order valence-electron chi connectivity index (χ0n) is 38.2. The Hall–Kier alpha value is -6.94. The summed E-state index contributed by atoms with van der Waals surface area (Å²) < 4.78 is 64.9. The molecule has 20 heteroatoms. The van der Waals surface area contributed by atoms with Crippen molar-refractivity contribution in [2.45, 2.75) is 38.9 Å². The van der Waals surface area contributed by atoms with Crippen LogP contribution in [0.1, 0.15) is 27.7 Å². The molecule has 4 heterocycles. The number of nitrogens with zero attached hydrogens (tertiary/aromatic N) is 5. The molecular weight excluding hydrogens is 1040 g/mol. The van der Waals surface area contributed by atoms with Crippen LogP contribution >= 0.6 is 50.5 Å². The first-order valence-electron chi connectivity index (χ1n) is 21.4. The van der Waals surface area contributed by atoms with Crippen LogP contribution < -0.4 is 11.2 Å². The number of nitro groups is 2. The highest BCUT2D eigenvalue weighted by molar-refractivity contribution is 9.11. The standard InChI is InChI=1S/C18H19BFNO4.C15H9FN2O2S.C15H11FN2S.C3H2BrNS/c1-17(2)18(3,4)25-19(24-17)13-8-9-15(16(11-13)21(22)23)12-6-5-7-14(20)10-12;16-12-3-1-2-10(8-12)13-5-4-11(9-14(13)18(19)20)15-6-7-17-21-15;16-12-3-1-2-10(8-12)13-5-4-11(9-14(13)17)15-6-7-18-19-15;4-3-1-2-5-6-3/h5-11H,1-4H3;1-9H;1-9H,17H2;1-2H. The number of hydrogen-bond donors (Lipinski definition) is 1. The van der Waals surface area contributed by atoms with E-state index < -0.39 is 39.8 Å². The summed E-state index contributed by atoms with van der Waals surface area (Å²) in [6.45, 7) is 7.68. The number of nitro benzene ring substituents is 2. The van der Waals surface area contributed by atoms with Gasteiger partial charge in [-0.05, 0) is 179 Å². The third-order valence-corrected chi connectivity index (χ3v) is 14.1. The molecule has 0 atom stereocenters. The van der Waals surface area contributed by atoms with Gasteiger partial charge in [0.05, 0.1) is 45.7 Å². The minimum Gasteiger partial charge on any atom is -0.399 e. The van der Waals surface area contributed by atoms with Crippen molar-refractivity contribution in [3.63, 3.8) is 0 Å². The summed E-state index contributed by atoms with van der Waals surface area (Å²) in [6, 6.07) is 39.1. The van der Waals surface area contributed by atoms with E-state index in [-0.39, 0.29) is 17.2 Å². The lowest BCUT2D eigenvalue weighted by Crippen LogP contribution is -2.41. The smallest absolute Gasteiger partial charge is 0.399 e. The second-order valence-electron chi connectivity index (χ2n) is 16.5. The summed E-state index contributed by atoms with van der Waals surface area (Å²) in [4.78, 5) is 23.8. The van der Waals surface area contributed by atoms with Gasteiger partial charge in [-0.15, -0.1) is 0 Å². The molecule has 0 saturated carbocycles. The number of nitrogens with two attached hydrogens (primary N) is 1. The minimum atomic E-state index is -0.690. The Morgan fingerprint density at radius 3 is 1.35 bits per heavy atom. The number of rotatable bonds is 8. The summed E-state index contributed by atoms with van der Waals surface area (Å²) >= 11 is 7.37. The molecule has 2 N–H and O–H groups in total. The van der Waals surface area contributed by atoms with Crippen LogP contribution in [0.4, 0.5) is 30.2 Å². The predicted molar refractivity (Wildman–Crippen MR) is 281 cm³/mol. The molecule has 3 aromatic heterocycles. The van der Waals surface area contributed by atoms with Crippen molar-refractivity contribution < 1.29 is 32.3 Å². The van der Waals surface area contributed by atoms with Gasteiger partial charge in [0.2, 0.25) is 0 Å². The summed E-state index contributed by atoms with van der Waals surface area (Å²) in [5.41, 5.74) is 11.1. The average Bonchev–Trinajstić information content (AvgIpc) is 4.20. The second kappa shape index (κ2) is 22.9. The van der Waals surface area contributed by atoms with Gasteiger partial charge in [-0.25, -0.2) is 26.3 Å². The molecule has 0 unspecified atom stereocenters. The third kappa shape index (κ3) is 13.1. The molecule has 10 rings (SSSR count). The van der Waals surface area contributed by atoms with Crippen LogP contribution in [-0.4, -0.2) is 41.3 Å². The molecule has 0 radical (unpaired) electrons. The highest BCUT2D eigenvalue weighted by Gasteiger charge is 2.52. The number of anilines is 1. The first-order valence-corrected chi connectivity index (χ1v) is 24.5. The number of aromatic nitrogens is 3.